The van der Waals surface area contributed by atoms with Crippen LogP contribution >= 0.6 is 0 Å². The summed E-state index contributed by atoms with van der Waals surface area (Å²) in [6, 6.07) is 2.04. The molecule has 1 amide bonds. The molecular weight excluding hydrogens is 479 g/mol. The second-order valence-electron chi connectivity index (χ2n) is 8.75. The zero-order chi connectivity index (χ0) is 25.5. The third-order valence-electron chi connectivity index (χ3n) is 5.94. The lowest BCUT2D eigenvalue weighted by atomic mass is 10.2. The predicted octanol–water partition coefficient (Wildman–Crippen LogP) is 2.22. The molecule has 1 saturated carbocycles. The Morgan fingerprint density at radius 1 is 1.11 bits per heavy atom. The monoisotopic (exact) mass is 507 g/mol. The first-order valence-electron chi connectivity index (χ1n) is 11.8. The number of aromatic nitrogens is 7. The van der Waals surface area contributed by atoms with E-state index < -0.39 is 18.0 Å². The smallest absolute Gasteiger partial charge is 0.373 e. The van der Waals surface area contributed by atoms with Crippen molar-refractivity contribution in [1.29, 1.82) is 0 Å². The number of rotatable bonds is 11. The van der Waals surface area contributed by atoms with Gasteiger partial charge in [0.2, 0.25) is 0 Å². The van der Waals surface area contributed by atoms with Crippen molar-refractivity contribution in [1.82, 2.24) is 45.6 Å². The molecule has 0 aromatic carbocycles. The normalized spacial score (nSPS) is 15.3. The van der Waals surface area contributed by atoms with Crippen LogP contribution < -0.4 is 10.6 Å². The Hall–Kier alpha value is -3.39. The number of aryl methyl sites for hydroxylation is 2. The molecule has 4 rings (SSSR count). The van der Waals surface area contributed by atoms with E-state index in [0.29, 0.717) is 18.8 Å². The Morgan fingerprint density at radius 2 is 1.81 bits per heavy atom. The van der Waals surface area contributed by atoms with Crippen LogP contribution in [0.4, 0.5) is 13.2 Å². The summed E-state index contributed by atoms with van der Waals surface area (Å²) in [5.41, 5.74) is -0.103. The molecule has 1 aliphatic carbocycles. The molecule has 1 unspecified atom stereocenters. The van der Waals surface area contributed by atoms with Crippen molar-refractivity contribution in [2.75, 3.05) is 0 Å². The molecule has 1 atom stereocenters. The van der Waals surface area contributed by atoms with Gasteiger partial charge in [0.05, 0.1) is 23.7 Å². The molecule has 0 spiro atoms. The van der Waals surface area contributed by atoms with Crippen LogP contribution in [0.1, 0.15) is 72.2 Å². The molecule has 0 aliphatic heterocycles. The van der Waals surface area contributed by atoms with Gasteiger partial charge in [-0.2, -0.15) is 13.2 Å². The molecule has 14 heteroatoms. The highest BCUT2D eigenvalue weighted by Crippen LogP contribution is 2.29. The number of aliphatic hydroxyl groups is 1. The summed E-state index contributed by atoms with van der Waals surface area (Å²) < 4.78 is 41.7. The molecule has 194 valence electrons. The van der Waals surface area contributed by atoms with Crippen LogP contribution in [-0.2, 0) is 25.8 Å². The number of carbonyl (C=O) groups excluding carboxylic acids is 1. The summed E-state index contributed by atoms with van der Waals surface area (Å²) in [6.07, 6.45) is 4.39. The number of nitrogens with zero attached hydrogens (tertiary/aromatic N) is 7. The van der Waals surface area contributed by atoms with Gasteiger partial charge in [0.1, 0.15) is 5.69 Å². The average molecular weight is 508 g/mol. The lowest BCUT2D eigenvalue weighted by molar-refractivity contribution is -0.137. The molecule has 0 bridgehead atoms. The number of carbonyl (C=O) groups is 1. The van der Waals surface area contributed by atoms with Gasteiger partial charge in [0.15, 0.2) is 11.9 Å². The van der Waals surface area contributed by atoms with Gasteiger partial charge in [-0.05, 0) is 37.8 Å². The van der Waals surface area contributed by atoms with Gasteiger partial charge in [0, 0.05) is 31.9 Å². The van der Waals surface area contributed by atoms with Crippen molar-refractivity contribution in [2.45, 2.75) is 76.6 Å². The predicted molar refractivity (Wildman–Crippen MR) is 120 cm³/mol. The van der Waals surface area contributed by atoms with Gasteiger partial charge in [0.25, 0.3) is 5.91 Å². The van der Waals surface area contributed by atoms with Crippen LogP contribution in [-0.4, -0.2) is 52.0 Å². The highest BCUT2D eigenvalue weighted by atomic mass is 19.4. The fourth-order valence-electron chi connectivity index (χ4n) is 3.99. The third kappa shape index (κ3) is 7.07. The first-order chi connectivity index (χ1) is 17.3. The van der Waals surface area contributed by atoms with Crippen LogP contribution in [0.2, 0.25) is 0 Å². The van der Waals surface area contributed by atoms with Gasteiger partial charge in [-0.25, -0.2) is 0 Å². The summed E-state index contributed by atoms with van der Waals surface area (Å²) >= 11 is 0. The Labute approximate surface area is 205 Å². The molecule has 0 radical (unpaired) electrons. The lowest BCUT2D eigenvalue weighted by Gasteiger charge is -2.11. The van der Waals surface area contributed by atoms with Gasteiger partial charge in [-0.3, -0.25) is 24.5 Å². The van der Waals surface area contributed by atoms with E-state index in [2.05, 4.69) is 36.2 Å². The highest BCUT2D eigenvalue weighted by molar-refractivity contribution is 5.92. The molecule has 3 N–H and O–H groups in total. The number of hydrogen-bond acceptors (Lipinski definition) is 8. The van der Waals surface area contributed by atoms with E-state index in [1.807, 2.05) is 0 Å². The van der Waals surface area contributed by atoms with Crippen molar-refractivity contribution < 1.29 is 23.1 Å². The minimum Gasteiger partial charge on any atom is -0.373 e. The molecule has 1 fully saturated rings. The standard InChI is InChI=1S/C22H28F3N9O2/c23-22(24,25)15-7-8-26-17(11-15)12-27-20(35)18-13-33(31-29-18)9-3-4-10-34-14-19(30-32-34)21(36)28-16-5-1-2-6-16/h7-8,11,13-14,16,20,27,35H,1-6,9-10,12H2,(H,28,36). The fourth-order valence-corrected chi connectivity index (χ4v) is 3.99. The Morgan fingerprint density at radius 3 is 2.53 bits per heavy atom. The number of amides is 1. The molecular formula is C22H28F3N9O2. The van der Waals surface area contributed by atoms with Crippen LogP contribution in [0.15, 0.2) is 30.7 Å². The minimum atomic E-state index is -4.46. The topological polar surface area (TPSA) is 136 Å². The number of nitrogens with one attached hydrogen (secondary N) is 2. The lowest BCUT2D eigenvalue weighted by Crippen LogP contribution is -2.32. The molecule has 36 heavy (non-hydrogen) atoms. The van der Waals surface area contributed by atoms with Crippen LogP contribution in [0, 0.1) is 0 Å². The second kappa shape index (κ2) is 11.6. The summed E-state index contributed by atoms with van der Waals surface area (Å²) in [5.74, 6) is -0.195. The molecule has 3 heterocycles. The average Bonchev–Trinajstić information content (AvgIpc) is 3.62. The Bertz CT molecular complexity index is 1140. The summed E-state index contributed by atoms with van der Waals surface area (Å²) in [7, 11) is 0. The van der Waals surface area contributed by atoms with E-state index in [9.17, 15) is 23.1 Å². The highest BCUT2D eigenvalue weighted by Gasteiger charge is 2.30. The van der Waals surface area contributed by atoms with E-state index in [4.69, 9.17) is 0 Å². The van der Waals surface area contributed by atoms with Gasteiger partial charge < -0.3 is 10.4 Å². The first-order valence-corrected chi connectivity index (χ1v) is 11.8. The molecule has 3 aromatic heterocycles. The number of hydrogen-bond donors (Lipinski definition) is 3. The van der Waals surface area contributed by atoms with Crippen molar-refractivity contribution in [3.05, 3.63) is 53.4 Å². The molecule has 11 nitrogen and oxygen atoms in total. The Balaban J connectivity index is 1.17. The maximum Gasteiger partial charge on any atom is 0.416 e. The largest absolute Gasteiger partial charge is 0.416 e. The van der Waals surface area contributed by atoms with Crippen LogP contribution in [0.5, 0.6) is 0 Å². The van der Waals surface area contributed by atoms with Crippen molar-refractivity contribution in [3.8, 4) is 0 Å². The van der Waals surface area contributed by atoms with Gasteiger partial charge in [-0.1, -0.05) is 23.3 Å². The zero-order valence-electron chi connectivity index (χ0n) is 19.5. The maximum absolute atomic E-state index is 12.8. The summed E-state index contributed by atoms with van der Waals surface area (Å²) in [6.45, 7) is 1.05. The fraction of sp³-hybridized carbons (Fsp3) is 0.545. The van der Waals surface area contributed by atoms with Crippen molar-refractivity contribution in [3.63, 3.8) is 0 Å². The van der Waals surface area contributed by atoms with E-state index in [0.717, 1.165) is 56.9 Å². The van der Waals surface area contributed by atoms with E-state index in [1.165, 1.54) is 0 Å². The number of alkyl halides is 3. The summed E-state index contributed by atoms with van der Waals surface area (Å²) in [5, 5.41) is 31.8. The minimum absolute atomic E-state index is 0.0729. The van der Waals surface area contributed by atoms with E-state index in [-0.39, 0.29) is 29.9 Å². The second-order valence-corrected chi connectivity index (χ2v) is 8.75. The van der Waals surface area contributed by atoms with Crippen LogP contribution in [0.25, 0.3) is 0 Å². The van der Waals surface area contributed by atoms with Gasteiger partial charge in [-0.15, -0.1) is 10.2 Å². The molecule has 3 aromatic rings. The first kappa shape index (κ1) is 25.7. The number of unbranched alkanes of at least 4 members (excludes halogenated alkanes) is 1. The zero-order valence-corrected chi connectivity index (χ0v) is 19.5. The third-order valence-corrected chi connectivity index (χ3v) is 5.94. The van der Waals surface area contributed by atoms with Crippen LogP contribution in [0.3, 0.4) is 0 Å². The Kier molecular flexibility index (Phi) is 8.25. The number of halogens is 3. The number of aliphatic hydroxyl groups excluding tert-OH is 1. The molecule has 1 aliphatic rings. The maximum atomic E-state index is 12.8. The van der Waals surface area contributed by atoms with Crippen molar-refractivity contribution >= 4 is 5.91 Å². The van der Waals surface area contributed by atoms with E-state index >= 15 is 0 Å². The van der Waals surface area contributed by atoms with Gasteiger partial charge >= 0.3 is 6.18 Å². The quantitative estimate of drug-likeness (QED) is 0.266. The van der Waals surface area contributed by atoms with E-state index in [1.54, 1.807) is 21.8 Å². The molecule has 0 saturated heterocycles. The summed E-state index contributed by atoms with van der Waals surface area (Å²) in [4.78, 5) is 16.1. The SMILES string of the molecule is O=C(NC1CCCC1)c1cn(CCCCn2cc(C(O)NCc3cc(C(F)(F)F)ccn3)nn2)nn1. The van der Waals surface area contributed by atoms with Crippen molar-refractivity contribution in [2.24, 2.45) is 0 Å². The number of pyridine rings is 1.